The number of carbonyl (C=O) groups excluding carboxylic acids is 1. The summed E-state index contributed by atoms with van der Waals surface area (Å²) in [6.45, 7) is 1.53. The zero-order valence-corrected chi connectivity index (χ0v) is 20.5. The van der Waals surface area contributed by atoms with Crippen LogP contribution in [0, 0.1) is 13.0 Å². The summed E-state index contributed by atoms with van der Waals surface area (Å²) < 4.78 is 49.4. The SMILES string of the molecule is COC(=O)[C@@]1(N)CP1(=O)Oc1ccc(OCC2OC(n3cnc4c(N)nc(F)nc43)C(O)C2O)cc1C. The predicted molar refractivity (Wildman–Crippen MR) is 124 cm³/mol. The molecule has 2 fully saturated rings. The van der Waals surface area contributed by atoms with E-state index in [0.29, 0.717) is 11.3 Å². The summed E-state index contributed by atoms with van der Waals surface area (Å²) in [5.74, 6) is -0.338. The maximum Gasteiger partial charge on any atom is 0.337 e. The molecule has 1 aromatic carbocycles. The van der Waals surface area contributed by atoms with E-state index in [-0.39, 0.29) is 35.5 Å². The second kappa shape index (κ2) is 8.89. The molecule has 2 saturated heterocycles. The normalized spacial score (nSPS) is 30.9. The van der Waals surface area contributed by atoms with Crippen molar-refractivity contribution in [1.29, 1.82) is 0 Å². The highest BCUT2D eigenvalue weighted by Gasteiger charge is 2.72. The van der Waals surface area contributed by atoms with Gasteiger partial charge in [-0.25, -0.2) is 9.78 Å². The van der Waals surface area contributed by atoms with E-state index < -0.39 is 49.2 Å². The molecule has 198 valence electrons. The number of esters is 1. The monoisotopic (exact) mass is 538 g/mol. The molecule has 6 atom stereocenters. The minimum atomic E-state index is -3.44. The van der Waals surface area contributed by atoms with Gasteiger partial charge in [0.2, 0.25) is 5.28 Å². The number of imidazole rings is 1. The van der Waals surface area contributed by atoms with Gasteiger partial charge in [-0.15, -0.1) is 0 Å². The number of carbonyl (C=O) groups is 1. The molecular weight excluding hydrogens is 514 g/mol. The Morgan fingerprint density at radius 3 is 2.81 bits per heavy atom. The van der Waals surface area contributed by atoms with E-state index >= 15 is 0 Å². The van der Waals surface area contributed by atoms with Crippen molar-refractivity contribution in [3.05, 3.63) is 36.2 Å². The molecular formula is C21H24FN6O8P. The van der Waals surface area contributed by atoms with Gasteiger partial charge in [0.25, 0.3) is 7.37 Å². The van der Waals surface area contributed by atoms with Gasteiger partial charge in [0, 0.05) is 0 Å². The van der Waals surface area contributed by atoms with Crippen LogP contribution < -0.4 is 20.7 Å². The fourth-order valence-electron chi connectivity index (χ4n) is 4.12. The lowest BCUT2D eigenvalue weighted by atomic mass is 10.1. The van der Waals surface area contributed by atoms with Crippen molar-refractivity contribution in [2.75, 3.05) is 25.6 Å². The predicted octanol–water partition coefficient (Wildman–Crippen LogP) is 0.0527. The fraction of sp³-hybridized carbons (Fsp3) is 0.429. The van der Waals surface area contributed by atoms with Crippen LogP contribution in [-0.2, 0) is 18.8 Å². The van der Waals surface area contributed by atoms with Gasteiger partial charge in [0.15, 0.2) is 23.2 Å². The Labute approximate surface area is 208 Å². The number of aromatic nitrogens is 4. The summed E-state index contributed by atoms with van der Waals surface area (Å²) in [6, 6.07) is 4.65. The van der Waals surface area contributed by atoms with Crippen LogP contribution >= 0.6 is 7.37 Å². The van der Waals surface area contributed by atoms with Crippen LogP contribution in [0.5, 0.6) is 11.5 Å². The molecule has 0 spiro atoms. The molecule has 2 aromatic heterocycles. The van der Waals surface area contributed by atoms with Crippen LogP contribution in [0.15, 0.2) is 24.5 Å². The van der Waals surface area contributed by atoms with Crippen LogP contribution in [0.2, 0.25) is 0 Å². The first-order chi connectivity index (χ1) is 17.5. The molecule has 6 N–H and O–H groups in total. The number of aryl methyl sites for hydroxylation is 1. The lowest BCUT2D eigenvalue weighted by Crippen LogP contribution is -2.35. The molecule has 0 saturated carbocycles. The summed E-state index contributed by atoms with van der Waals surface area (Å²) in [7, 11) is -2.29. The summed E-state index contributed by atoms with van der Waals surface area (Å²) in [4.78, 5) is 22.9. The van der Waals surface area contributed by atoms with Crippen molar-refractivity contribution in [3.63, 3.8) is 0 Å². The number of nitrogens with zero attached hydrogens (tertiary/aromatic N) is 4. The number of benzene rings is 1. The standard InChI is InChI=1S/C21H24FN6O8P/c1-9-5-10(3-4-11(9)36-37(32)7-21(37,24)19(31)33-2)34-6-12-14(29)15(30)18(35-12)28-8-25-13-16(23)26-20(22)27-17(13)28/h3-5,8,12,14-15,18,29-30H,6-7,24H2,1-2H3,(H2,23,26,27)/t12?,14?,15?,18?,21-,37?/m1/s1. The molecule has 2 aliphatic rings. The number of hydrogen-bond acceptors (Lipinski definition) is 13. The Morgan fingerprint density at radius 2 is 2.11 bits per heavy atom. The summed E-state index contributed by atoms with van der Waals surface area (Å²) in [6.07, 6.45) is -4.78. The maximum absolute atomic E-state index is 13.7. The number of halogens is 1. The zero-order chi connectivity index (χ0) is 26.7. The molecule has 0 radical (unpaired) electrons. The molecule has 5 unspecified atom stereocenters. The summed E-state index contributed by atoms with van der Waals surface area (Å²) in [5.41, 5.74) is 12.2. The number of nitrogen functional groups attached to an aromatic ring is 1. The minimum absolute atomic E-state index is 0.00243. The average Bonchev–Trinajstić information content (AvgIpc) is 3.09. The van der Waals surface area contributed by atoms with Gasteiger partial charge in [-0.1, -0.05) is 0 Å². The molecule has 2 aliphatic heterocycles. The number of hydrogen-bond donors (Lipinski definition) is 4. The molecule has 5 rings (SSSR count). The van der Waals surface area contributed by atoms with Crippen LogP contribution in [0.3, 0.4) is 0 Å². The Balaban J connectivity index is 1.25. The number of nitrogens with two attached hydrogens (primary N) is 2. The molecule has 14 nitrogen and oxygen atoms in total. The van der Waals surface area contributed by atoms with Crippen molar-refractivity contribution in [2.45, 2.75) is 36.7 Å². The van der Waals surface area contributed by atoms with Crippen molar-refractivity contribution >= 4 is 30.3 Å². The first-order valence-corrected chi connectivity index (χ1v) is 12.8. The molecule has 3 aromatic rings. The topological polar surface area (TPSA) is 207 Å². The van der Waals surface area contributed by atoms with Crippen molar-refractivity contribution in [1.82, 2.24) is 19.5 Å². The van der Waals surface area contributed by atoms with Gasteiger partial charge < -0.3 is 40.4 Å². The van der Waals surface area contributed by atoms with Crippen LogP contribution in [0.4, 0.5) is 10.2 Å². The van der Waals surface area contributed by atoms with E-state index in [9.17, 15) is 24.0 Å². The highest BCUT2D eigenvalue weighted by Crippen LogP contribution is 2.73. The lowest BCUT2D eigenvalue weighted by Gasteiger charge is -2.17. The minimum Gasteiger partial charge on any atom is -0.491 e. The van der Waals surface area contributed by atoms with Gasteiger partial charge in [-0.2, -0.15) is 14.4 Å². The number of ether oxygens (including phenoxy) is 3. The van der Waals surface area contributed by atoms with Gasteiger partial charge in [0.05, 0.1) is 19.6 Å². The summed E-state index contributed by atoms with van der Waals surface area (Å²) >= 11 is 0. The van der Waals surface area contributed by atoms with E-state index in [1.807, 2.05) is 0 Å². The van der Waals surface area contributed by atoms with E-state index in [1.165, 1.54) is 23.0 Å². The van der Waals surface area contributed by atoms with Gasteiger partial charge in [0.1, 0.15) is 36.4 Å². The molecule has 0 amide bonds. The maximum atomic E-state index is 13.7. The van der Waals surface area contributed by atoms with Gasteiger partial charge >= 0.3 is 12.0 Å². The Hall–Kier alpha value is -3.36. The quantitative estimate of drug-likeness (QED) is 0.178. The molecule has 0 aliphatic carbocycles. The number of anilines is 1. The third-order valence-corrected chi connectivity index (χ3v) is 8.91. The van der Waals surface area contributed by atoms with Crippen LogP contribution in [-0.4, -0.2) is 79.2 Å². The number of aliphatic hydroxyl groups is 2. The zero-order valence-electron chi connectivity index (χ0n) is 19.6. The Morgan fingerprint density at radius 1 is 1.35 bits per heavy atom. The Bertz CT molecular complexity index is 1440. The highest BCUT2D eigenvalue weighted by atomic mass is 31.2. The van der Waals surface area contributed by atoms with Crippen LogP contribution in [0.25, 0.3) is 11.2 Å². The average molecular weight is 538 g/mol. The number of fused-ring (bicyclic) bond motifs is 1. The van der Waals surface area contributed by atoms with Gasteiger partial charge in [-0.3, -0.25) is 9.13 Å². The first-order valence-electron chi connectivity index (χ1n) is 11.0. The third-order valence-electron chi connectivity index (χ3n) is 6.33. The van der Waals surface area contributed by atoms with E-state index in [2.05, 4.69) is 19.7 Å². The van der Waals surface area contributed by atoms with Crippen LogP contribution in [0.1, 0.15) is 11.8 Å². The van der Waals surface area contributed by atoms with Crippen molar-refractivity contribution < 1.29 is 42.7 Å². The number of rotatable bonds is 7. The van der Waals surface area contributed by atoms with Gasteiger partial charge in [-0.05, 0) is 30.7 Å². The van der Waals surface area contributed by atoms with E-state index in [0.717, 1.165) is 7.11 Å². The first kappa shape index (κ1) is 25.3. The molecule has 0 bridgehead atoms. The smallest absolute Gasteiger partial charge is 0.337 e. The van der Waals surface area contributed by atoms with E-state index in [4.69, 9.17) is 25.5 Å². The fourth-order valence-corrected chi connectivity index (χ4v) is 6.28. The second-order valence-electron chi connectivity index (χ2n) is 8.83. The third kappa shape index (κ3) is 4.18. The van der Waals surface area contributed by atoms with E-state index in [1.54, 1.807) is 13.0 Å². The van der Waals surface area contributed by atoms with Crippen molar-refractivity contribution in [3.8, 4) is 11.5 Å². The second-order valence-corrected chi connectivity index (χ2v) is 11.5. The summed E-state index contributed by atoms with van der Waals surface area (Å²) in [5, 5.41) is 19.4. The highest BCUT2D eigenvalue weighted by molar-refractivity contribution is 7.70. The largest absolute Gasteiger partial charge is 0.491 e. The molecule has 4 heterocycles. The Kier molecular flexibility index (Phi) is 6.08. The van der Waals surface area contributed by atoms with Crippen molar-refractivity contribution in [2.24, 2.45) is 5.73 Å². The number of aliphatic hydroxyl groups excluding tert-OH is 2. The molecule has 16 heteroatoms. The molecule has 37 heavy (non-hydrogen) atoms. The number of methoxy groups -OCH3 is 1. The lowest BCUT2D eigenvalue weighted by molar-refractivity contribution is -0.142.